The van der Waals surface area contributed by atoms with Crippen molar-refractivity contribution in [2.24, 2.45) is 11.3 Å². The zero-order chi connectivity index (χ0) is 18.9. The van der Waals surface area contributed by atoms with Gasteiger partial charge in [-0.25, -0.2) is 4.79 Å². The van der Waals surface area contributed by atoms with Gasteiger partial charge in [0.2, 0.25) is 5.91 Å². The molecule has 1 aromatic carbocycles. The van der Waals surface area contributed by atoms with Crippen LogP contribution >= 0.6 is 0 Å². The van der Waals surface area contributed by atoms with Gasteiger partial charge in [-0.3, -0.25) is 4.79 Å². The predicted molar refractivity (Wildman–Crippen MR) is 105 cm³/mol. The molecule has 1 aromatic rings. The van der Waals surface area contributed by atoms with Crippen LogP contribution in [0.15, 0.2) is 30.4 Å². The highest BCUT2D eigenvalue weighted by molar-refractivity contribution is 5.94. The number of rotatable bonds is 4. The number of hydrogen-bond donors (Lipinski definition) is 2. The van der Waals surface area contributed by atoms with E-state index < -0.39 is 0 Å². The van der Waals surface area contributed by atoms with Crippen LogP contribution < -0.4 is 10.6 Å². The molecule has 1 saturated heterocycles. The fraction of sp³-hybridized carbons (Fsp3) is 0.524. The van der Waals surface area contributed by atoms with Crippen molar-refractivity contribution in [3.63, 3.8) is 0 Å². The first kappa shape index (κ1) is 18.5. The third-order valence-corrected chi connectivity index (χ3v) is 5.64. The Morgan fingerprint density at radius 2 is 1.92 bits per heavy atom. The monoisotopic (exact) mass is 355 g/mol. The number of allylic oxidation sites excluding steroid dienone is 2. The van der Waals surface area contributed by atoms with Crippen LogP contribution in [0.1, 0.15) is 45.6 Å². The fourth-order valence-electron chi connectivity index (χ4n) is 4.38. The van der Waals surface area contributed by atoms with Gasteiger partial charge in [0.1, 0.15) is 0 Å². The second-order valence-corrected chi connectivity index (χ2v) is 7.92. The molecule has 0 aromatic heterocycles. The third kappa shape index (κ3) is 3.35. The van der Waals surface area contributed by atoms with Crippen LogP contribution in [-0.2, 0) is 4.79 Å². The average Bonchev–Trinajstić information content (AvgIpc) is 3.06. The summed E-state index contributed by atoms with van der Waals surface area (Å²) in [6, 6.07) is 5.82. The fourth-order valence-corrected chi connectivity index (χ4v) is 4.38. The predicted octanol–water partition coefficient (Wildman–Crippen LogP) is 4.55. The number of nitrogens with one attached hydrogen (secondary N) is 2. The highest BCUT2D eigenvalue weighted by Crippen LogP contribution is 2.50. The van der Waals surface area contributed by atoms with Gasteiger partial charge in [0.15, 0.2) is 0 Å². The van der Waals surface area contributed by atoms with Gasteiger partial charge < -0.3 is 15.5 Å². The lowest BCUT2D eigenvalue weighted by Crippen LogP contribution is -2.68. The number of likely N-dealkylation sites (tertiary alicyclic amines) is 1. The van der Waals surface area contributed by atoms with Crippen molar-refractivity contribution in [1.29, 1.82) is 0 Å². The Morgan fingerprint density at radius 1 is 1.23 bits per heavy atom. The summed E-state index contributed by atoms with van der Waals surface area (Å²) in [5, 5.41) is 5.89. The van der Waals surface area contributed by atoms with Crippen LogP contribution in [0.4, 0.5) is 16.2 Å². The summed E-state index contributed by atoms with van der Waals surface area (Å²) < 4.78 is 0. The molecule has 1 spiro atoms. The second-order valence-electron chi connectivity index (χ2n) is 7.92. The summed E-state index contributed by atoms with van der Waals surface area (Å²) in [6.45, 7) is 8.96. The number of carbonyl (C=O) groups excluding carboxylic acids is 2. The van der Waals surface area contributed by atoms with Crippen LogP contribution in [0, 0.1) is 18.3 Å². The van der Waals surface area contributed by atoms with Crippen molar-refractivity contribution in [3.05, 3.63) is 35.9 Å². The summed E-state index contributed by atoms with van der Waals surface area (Å²) in [4.78, 5) is 26.5. The van der Waals surface area contributed by atoms with Gasteiger partial charge in [0, 0.05) is 35.8 Å². The van der Waals surface area contributed by atoms with Gasteiger partial charge in [-0.2, -0.15) is 0 Å². The standard InChI is InChI=1S/C21H29N3O2/c1-5-18(25)22-16-9-8-15(4)17(12-16)23-20(26)24-13-21(10-6-7-11-21)19(24)14(2)3/h6-9,12,14,19H,5,10-11,13H2,1-4H3,(H,22,25)(H,23,26). The Bertz CT molecular complexity index is 731. The summed E-state index contributed by atoms with van der Waals surface area (Å²) in [6.07, 6.45) is 7.05. The van der Waals surface area contributed by atoms with E-state index in [1.807, 2.05) is 36.9 Å². The Balaban J connectivity index is 1.72. The number of urea groups is 1. The van der Waals surface area contributed by atoms with E-state index in [-0.39, 0.29) is 23.4 Å². The van der Waals surface area contributed by atoms with Gasteiger partial charge in [-0.05, 0) is 43.4 Å². The lowest BCUT2D eigenvalue weighted by Gasteiger charge is -2.58. The van der Waals surface area contributed by atoms with Crippen molar-refractivity contribution >= 4 is 23.3 Å². The number of hydrogen-bond acceptors (Lipinski definition) is 2. The van der Waals surface area contributed by atoms with Crippen molar-refractivity contribution < 1.29 is 9.59 Å². The molecule has 3 rings (SSSR count). The minimum atomic E-state index is -0.0525. The third-order valence-electron chi connectivity index (χ3n) is 5.64. The summed E-state index contributed by atoms with van der Waals surface area (Å²) in [5.74, 6) is 0.384. The number of nitrogens with zero attached hydrogens (tertiary/aromatic N) is 1. The first-order chi connectivity index (χ1) is 12.4. The van der Waals surface area contributed by atoms with E-state index in [9.17, 15) is 9.59 Å². The van der Waals surface area contributed by atoms with Crippen molar-refractivity contribution in [3.8, 4) is 0 Å². The molecule has 0 bridgehead atoms. The van der Waals surface area contributed by atoms with E-state index >= 15 is 0 Å². The Morgan fingerprint density at radius 3 is 2.54 bits per heavy atom. The Hall–Kier alpha value is -2.30. The van der Waals surface area contributed by atoms with E-state index in [4.69, 9.17) is 0 Å². The number of anilines is 2. The van der Waals surface area contributed by atoms with Gasteiger partial charge in [-0.15, -0.1) is 0 Å². The zero-order valence-electron chi connectivity index (χ0n) is 16.1. The maximum absolute atomic E-state index is 12.9. The minimum Gasteiger partial charge on any atom is -0.326 e. The molecular weight excluding hydrogens is 326 g/mol. The van der Waals surface area contributed by atoms with Crippen LogP contribution in [-0.4, -0.2) is 29.4 Å². The largest absolute Gasteiger partial charge is 0.326 e. The molecule has 140 valence electrons. The normalized spacial score (nSPS) is 20.3. The topological polar surface area (TPSA) is 61.4 Å². The van der Waals surface area contributed by atoms with Gasteiger partial charge in [0.25, 0.3) is 0 Å². The van der Waals surface area contributed by atoms with Crippen molar-refractivity contribution in [2.75, 3.05) is 17.2 Å². The molecule has 1 aliphatic heterocycles. The van der Waals surface area contributed by atoms with Crippen LogP contribution in [0.5, 0.6) is 0 Å². The number of carbonyl (C=O) groups is 2. The molecule has 3 amide bonds. The molecule has 0 saturated carbocycles. The van der Waals surface area contributed by atoms with E-state index in [1.165, 1.54) is 0 Å². The van der Waals surface area contributed by atoms with E-state index in [0.717, 1.165) is 30.6 Å². The van der Waals surface area contributed by atoms with E-state index in [0.29, 0.717) is 18.0 Å². The molecule has 5 heteroatoms. The maximum atomic E-state index is 12.9. The van der Waals surface area contributed by atoms with Gasteiger partial charge >= 0.3 is 6.03 Å². The molecule has 2 aliphatic rings. The molecule has 1 heterocycles. The molecule has 5 nitrogen and oxygen atoms in total. The first-order valence-corrected chi connectivity index (χ1v) is 9.49. The lowest BCUT2D eigenvalue weighted by atomic mass is 9.65. The van der Waals surface area contributed by atoms with Crippen LogP contribution in [0.3, 0.4) is 0 Å². The van der Waals surface area contributed by atoms with Gasteiger partial charge in [0.05, 0.1) is 0 Å². The summed E-state index contributed by atoms with van der Waals surface area (Å²) >= 11 is 0. The molecule has 1 fully saturated rings. The maximum Gasteiger partial charge on any atom is 0.322 e. The molecule has 0 radical (unpaired) electrons. The number of benzene rings is 1. The minimum absolute atomic E-state index is 0.0376. The molecule has 1 aliphatic carbocycles. The van der Waals surface area contributed by atoms with Crippen molar-refractivity contribution in [1.82, 2.24) is 4.90 Å². The SMILES string of the molecule is CCC(=O)Nc1ccc(C)c(NC(=O)N2CC3(CC=CC3)C2C(C)C)c1. The van der Waals surface area contributed by atoms with Gasteiger partial charge in [-0.1, -0.05) is 39.0 Å². The van der Waals surface area contributed by atoms with Crippen LogP contribution in [0.2, 0.25) is 0 Å². The number of aryl methyl sites for hydroxylation is 1. The highest BCUT2D eigenvalue weighted by atomic mass is 16.2. The van der Waals surface area contributed by atoms with E-state index in [2.05, 4.69) is 36.6 Å². The number of amides is 3. The van der Waals surface area contributed by atoms with Crippen molar-refractivity contribution in [2.45, 2.75) is 53.0 Å². The molecule has 2 N–H and O–H groups in total. The Labute approximate surface area is 155 Å². The average molecular weight is 355 g/mol. The summed E-state index contributed by atoms with van der Waals surface area (Å²) in [5.41, 5.74) is 2.67. The molecule has 1 atom stereocenters. The zero-order valence-corrected chi connectivity index (χ0v) is 16.1. The quantitative estimate of drug-likeness (QED) is 0.778. The lowest BCUT2D eigenvalue weighted by molar-refractivity contribution is -0.115. The summed E-state index contributed by atoms with van der Waals surface area (Å²) in [7, 11) is 0. The highest BCUT2D eigenvalue weighted by Gasteiger charge is 2.55. The molecule has 1 unspecified atom stereocenters. The van der Waals surface area contributed by atoms with E-state index in [1.54, 1.807) is 0 Å². The smallest absolute Gasteiger partial charge is 0.322 e. The molecule has 26 heavy (non-hydrogen) atoms. The van der Waals surface area contributed by atoms with Crippen LogP contribution in [0.25, 0.3) is 0 Å². The second kappa shape index (κ2) is 7.14. The first-order valence-electron chi connectivity index (χ1n) is 9.49. The Kier molecular flexibility index (Phi) is 5.08. The molecular formula is C21H29N3O2.